The second kappa shape index (κ2) is 10.8. The fourth-order valence-corrected chi connectivity index (χ4v) is 2.86. The van der Waals surface area contributed by atoms with Crippen LogP contribution in [0, 0.1) is 5.82 Å². The van der Waals surface area contributed by atoms with Gasteiger partial charge in [0.05, 0.1) is 27.0 Å². The van der Waals surface area contributed by atoms with Crippen LogP contribution in [0.25, 0.3) is 0 Å². The number of aliphatic imine (C=N–C) groups is 1. The molecule has 31 heavy (non-hydrogen) atoms. The maximum absolute atomic E-state index is 14.3. The number of pyridine rings is 1. The van der Waals surface area contributed by atoms with Crippen molar-refractivity contribution in [3.8, 4) is 23.0 Å². The number of hydrogen-bond acceptors (Lipinski definition) is 5. The highest BCUT2D eigenvalue weighted by Gasteiger charge is 2.07. The third-order valence-corrected chi connectivity index (χ3v) is 4.46. The van der Waals surface area contributed by atoms with E-state index in [2.05, 4.69) is 15.3 Å². The number of ether oxygens (including phenoxy) is 3. The summed E-state index contributed by atoms with van der Waals surface area (Å²) in [5.41, 5.74) is 7.68. The number of hydrogen-bond donors (Lipinski definition) is 2. The molecule has 162 valence electrons. The van der Waals surface area contributed by atoms with Crippen LogP contribution in [0.5, 0.6) is 23.0 Å². The fourth-order valence-electron chi connectivity index (χ4n) is 2.86. The van der Waals surface area contributed by atoms with E-state index >= 15 is 0 Å². The average molecular weight is 424 g/mol. The lowest BCUT2D eigenvalue weighted by molar-refractivity contribution is 0.354. The Labute approximate surface area is 180 Å². The van der Waals surface area contributed by atoms with Gasteiger partial charge in [0.2, 0.25) is 0 Å². The molecule has 3 N–H and O–H groups in total. The monoisotopic (exact) mass is 424 g/mol. The molecule has 3 rings (SSSR count). The van der Waals surface area contributed by atoms with Gasteiger partial charge in [-0.1, -0.05) is 12.1 Å². The van der Waals surface area contributed by atoms with Gasteiger partial charge in [-0.3, -0.25) is 4.98 Å². The van der Waals surface area contributed by atoms with Crippen LogP contribution in [0.3, 0.4) is 0 Å². The van der Waals surface area contributed by atoms with Crippen molar-refractivity contribution in [1.29, 1.82) is 0 Å². The van der Waals surface area contributed by atoms with Crippen molar-refractivity contribution in [2.45, 2.75) is 13.0 Å². The van der Waals surface area contributed by atoms with Gasteiger partial charge in [-0.25, -0.2) is 9.38 Å². The van der Waals surface area contributed by atoms with Crippen molar-refractivity contribution < 1.29 is 18.6 Å². The Hall–Kier alpha value is -3.81. The lowest BCUT2D eigenvalue weighted by Crippen LogP contribution is -2.33. The van der Waals surface area contributed by atoms with E-state index in [0.29, 0.717) is 29.4 Å². The molecule has 0 saturated heterocycles. The number of methoxy groups -OCH3 is 2. The number of rotatable bonds is 9. The smallest absolute Gasteiger partial charge is 0.188 e. The van der Waals surface area contributed by atoms with Crippen LogP contribution in [0.4, 0.5) is 4.39 Å². The molecule has 0 fully saturated rings. The first kappa shape index (κ1) is 21.9. The van der Waals surface area contributed by atoms with Gasteiger partial charge in [0, 0.05) is 12.7 Å². The molecule has 3 aromatic rings. The molecule has 7 nitrogen and oxygen atoms in total. The molecule has 0 unspecified atom stereocenters. The number of aromatic nitrogens is 1. The number of halogens is 1. The van der Waals surface area contributed by atoms with E-state index in [9.17, 15) is 4.39 Å². The second-order valence-corrected chi connectivity index (χ2v) is 6.62. The highest BCUT2D eigenvalue weighted by molar-refractivity contribution is 5.77. The third-order valence-electron chi connectivity index (χ3n) is 4.46. The van der Waals surface area contributed by atoms with Crippen molar-refractivity contribution in [3.05, 3.63) is 77.9 Å². The molecule has 8 heteroatoms. The van der Waals surface area contributed by atoms with Crippen molar-refractivity contribution in [3.63, 3.8) is 0 Å². The maximum Gasteiger partial charge on any atom is 0.188 e. The highest BCUT2D eigenvalue weighted by Crippen LogP contribution is 2.27. The lowest BCUT2D eigenvalue weighted by Gasteiger charge is -2.10. The molecule has 0 aliphatic carbocycles. The fraction of sp³-hybridized carbons (Fsp3) is 0.217. The Bertz CT molecular complexity index is 1030. The zero-order valence-corrected chi connectivity index (χ0v) is 17.5. The summed E-state index contributed by atoms with van der Waals surface area (Å²) in [6, 6.07) is 13.9. The number of nitrogens with one attached hydrogen (secondary N) is 1. The van der Waals surface area contributed by atoms with Crippen LogP contribution >= 0.6 is 0 Å². The minimum Gasteiger partial charge on any atom is -0.493 e. The van der Waals surface area contributed by atoms with Gasteiger partial charge in [-0.05, 0) is 53.9 Å². The molecule has 0 spiro atoms. The summed E-state index contributed by atoms with van der Waals surface area (Å²) in [6.07, 6.45) is 3.87. The van der Waals surface area contributed by atoms with Crippen molar-refractivity contribution in [2.75, 3.05) is 20.8 Å². The summed E-state index contributed by atoms with van der Waals surface area (Å²) in [4.78, 5) is 8.20. The Kier molecular flexibility index (Phi) is 7.64. The van der Waals surface area contributed by atoms with Gasteiger partial charge < -0.3 is 25.3 Å². The van der Waals surface area contributed by atoms with E-state index in [1.165, 1.54) is 12.3 Å². The molecular weight excluding hydrogens is 399 g/mol. The van der Waals surface area contributed by atoms with Crippen LogP contribution in [0.1, 0.15) is 11.1 Å². The largest absolute Gasteiger partial charge is 0.493 e. The van der Waals surface area contributed by atoms with Gasteiger partial charge in [0.25, 0.3) is 0 Å². The highest BCUT2D eigenvalue weighted by atomic mass is 19.1. The first-order chi connectivity index (χ1) is 15.1. The minimum absolute atomic E-state index is 0.127. The summed E-state index contributed by atoms with van der Waals surface area (Å²) < 4.78 is 30.3. The number of guanidine groups is 1. The van der Waals surface area contributed by atoms with Crippen molar-refractivity contribution in [2.24, 2.45) is 10.7 Å². The topological polar surface area (TPSA) is 91.0 Å². The standard InChI is InChI=1S/C23H25FN4O3/c1-29-21-8-5-16(13-22(21)30-2)9-11-27-23(25)28-14-17-6-7-20(19(24)12-17)31-18-4-3-10-26-15-18/h3-8,10,12-13,15H,9,11,14H2,1-2H3,(H3,25,27,28). The lowest BCUT2D eigenvalue weighted by atomic mass is 10.1. The van der Waals surface area contributed by atoms with E-state index < -0.39 is 5.82 Å². The Morgan fingerprint density at radius 2 is 1.81 bits per heavy atom. The van der Waals surface area contributed by atoms with Crippen molar-refractivity contribution >= 4 is 5.96 Å². The molecule has 0 atom stereocenters. The van der Waals surface area contributed by atoms with E-state index in [-0.39, 0.29) is 18.3 Å². The predicted molar refractivity (Wildman–Crippen MR) is 117 cm³/mol. The molecule has 0 saturated carbocycles. The molecular formula is C23H25FN4O3. The van der Waals surface area contributed by atoms with E-state index in [4.69, 9.17) is 19.9 Å². The molecule has 2 aromatic carbocycles. The van der Waals surface area contributed by atoms with Gasteiger partial charge in [-0.2, -0.15) is 0 Å². The van der Waals surface area contributed by atoms with E-state index in [1.54, 1.807) is 44.7 Å². The number of benzene rings is 2. The first-order valence-electron chi connectivity index (χ1n) is 9.70. The Morgan fingerprint density at radius 3 is 2.52 bits per heavy atom. The summed E-state index contributed by atoms with van der Waals surface area (Å²) >= 11 is 0. The van der Waals surface area contributed by atoms with Gasteiger partial charge in [0.1, 0.15) is 5.75 Å². The zero-order chi connectivity index (χ0) is 22.1. The average Bonchev–Trinajstić information content (AvgIpc) is 2.80. The van der Waals surface area contributed by atoms with Crippen LogP contribution in [0.2, 0.25) is 0 Å². The molecule has 1 aromatic heterocycles. The minimum atomic E-state index is -0.475. The molecule has 0 radical (unpaired) electrons. The SMILES string of the molecule is COc1ccc(CCNC(N)=NCc2ccc(Oc3cccnc3)c(F)c2)cc1OC. The third kappa shape index (κ3) is 6.33. The summed E-state index contributed by atoms with van der Waals surface area (Å²) in [5.74, 6) is 1.77. The zero-order valence-electron chi connectivity index (χ0n) is 17.5. The summed E-state index contributed by atoms with van der Waals surface area (Å²) in [7, 11) is 3.20. The molecule has 0 amide bonds. The summed E-state index contributed by atoms with van der Waals surface area (Å²) in [5, 5.41) is 3.06. The molecule has 0 aliphatic heterocycles. The van der Waals surface area contributed by atoms with Crippen molar-refractivity contribution in [1.82, 2.24) is 10.3 Å². The van der Waals surface area contributed by atoms with E-state index in [0.717, 1.165) is 12.0 Å². The quantitative estimate of drug-likeness (QED) is 0.402. The van der Waals surface area contributed by atoms with Crippen LogP contribution < -0.4 is 25.3 Å². The van der Waals surface area contributed by atoms with Crippen LogP contribution in [-0.4, -0.2) is 31.7 Å². The van der Waals surface area contributed by atoms with Crippen LogP contribution in [0.15, 0.2) is 65.9 Å². The van der Waals surface area contributed by atoms with Crippen LogP contribution in [-0.2, 0) is 13.0 Å². The second-order valence-electron chi connectivity index (χ2n) is 6.62. The predicted octanol–water partition coefficient (Wildman–Crippen LogP) is 3.68. The van der Waals surface area contributed by atoms with Gasteiger partial charge >= 0.3 is 0 Å². The first-order valence-corrected chi connectivity index (χ1v) is 9.70. The molecule has 0 bridgehead atoms. The summed E-state index contributed by atoms with van der Waals surface area (Å²) in [6.45, 7) is 0.844. The van der Waals surface area contributed by atoms with E-state index in [1.807, 2.05) is 18.2 Å². The maximum atomic E-state index is 14.3. The Morgan fingerprint density at radius 1 is 1.03 bits per heavy atom. The number of nitrogens with two attached hydrogens (primary N) is 1. The molecule has 1 heterocycles. The number of nitrogens with zero attached hydrogens (tertiary/aromatic N) is 2. The van der Waals surface area contributed by atoms with Gasteiger partial charge in [-0.15, -0.1) is 0 Å². The van der Waals surface area contributed by atoms with Gasteiger partial charge in [0.15, 0.2) is 29.0 Å². The normalized spacial score (nSPS) is 11.1. The Balaban J connectivity index is 1.50. The molecule has 0 aliphatic rings.